The molecule has 0 aliphatic rings. The van der Waals surface area contributed by atoms with E-state index >= 15 is 0 Å². The van der Waals surface area contributed by atoms with E-state index in [2.05, 4.69) is 20.6 Å². The van der Waals surface area contributed by atoms with Crippen molar-refractivity contribution in [3.63, 3.8) is 0 Å². The summed E-state index contributed by atoms with van der Waals surface area (Å²) >= 11 is 5.76. The van der Waals surface area contributed by atoms with Crippen LogP contribution < -0.4 is 10.6 Å². The van der Waals surface area contributed by atoms with Gasteiger partial charge in [-0.05, 0) is 29.2 Å². The standard InChI is InChI=1S/C19H22ClF3N4O/c1-24-18(25-8-7-14-5-6-17(20)26-10-14)27-11-15-3-2-4-16(9-15)12-28-13-19(21,22)23/h2-6,9-10H,7-8,11-13H2,1H3,(H2,24,25,27). The van der Waals surface area contributed by atoms with Crippen LogP contribution >= 0.6 is 11.6 Å². The highest BCUT2D eigenvalue weighted by Gasteiger charge is 2.27. The highest BCUT2D eigenvalue weighted by molar-refractivity contribution is 6.29. The lowest BCUT2D eigenvalue weighted by atomic mass is 10.1. The minimum Gasteiger partial charge on any atom is -0.367 e. The molecule has 9 heteroatoms. The van der Waals surface area contributed by atoms with Crippen LogP contribution in [0.3, 0.4) is 0 Å². The van der Waals surface area contributed by atoms with Crippen LogP contribution in [-0.4, -0.2) is 37.3 Å². The van der Waals surface area contributed by atoms with Crippen LogP contribution in [0.5, 0.6) is 0 Å². The molecule has 28 heavy (non-hydrogen) atoms. The molecule has 0 fully saturated rings. The van der Waals surface area contributed by atoms with Gasteiger partial charge in [-0.1, -0.05) is 41.9 Å². The van der Waals surface area contributed by atoms with Gasteiger partial charge in [-0.3, -0.25) is 4.99 Å². The van der Waals surface area contributed by atoms with Crippen molar-refractivity contribution >= 4 is 17.6 Å². The van der Waals surface area contributed by atoms with E-state index in [4.69, 9.17) is 16.3 Å². The maximum Gasteiger partial charge on any atom is 0.411 e. The Kier molecular flexibility index (Phi) is 8.53. The number of benzene rings is 1. The Labute approximate surface area is 167 Å². The second kappa shape index (κ2) is 10.9. The summed E-state index contributed by atoms with van der Waals surface area (Å²) in [4.78, 5) is 8.19. The monoisotopic (exact) mass is 414 g/mol. The molecule has 0 atom stereocenters. The largest absolute Gasteiger partial charge is 0.411 e. The Morgan fingerprint density at radius 3 is 2.61 bits per heavy atom. The maximum absolute atomic E-state index is 12.1. The summed E-state index contributed by atoms with van der Waals surface area (Å²) in [6, 6.07) is 10.9. The molecule has 5 nitrogen and oxygen atoms in total. The molecule has 0 amide bonds. The molecule has 0 aliphatic carbocycles. The lowest BCUT2D eigenvalue weighted by Crippen LogP contribution is -2.37. The summed E-state index contributed by atoms with van der Waals surface area (Å²) in [5.41, 5.74) is 2.65. The zero-order valence-electron chi connectivity index (χ0n) is 15.4. The number of nitrogens with one attached hydrogen (secondary N) is 2. The zero-order chi connectivity index (χ0) is 20.4. The van der Waals surface area contributed by atoms with Crippen molar-refractivity contribution in [2.45, 2.75) is 25.7 Å². The second-order valence-corrected chi connectivity index (χ2v) is 6.41. The van der Waals surface area contributed by atoms with Crippen LogP contribution in [0, 0.1) is 0 Å². The number of hydrogen-bond acceptors (Lipinski definition) is 3. The first-order valence-corrected chi connectivity index (χ1v) is 9.01. The van der Waals surface area contributed by atoms with Gasteiger partial charge in [0.1, 0.15) is 11.8 Å². The van der Waals surface area contributed by atoms with Crippen molar-refractivity contribution in [3.05, 3.63) is 64.4 Å². The molecule has 1 heterocycles. The Balaban J connectivity index is 1.76. The third kappa shape index (κ3) is 8.58. The van der Waals surface area contributed by atoms with Crippen molar-refractivity contribution in [2.24, 2.45) is 4.99 Å². The lowest BCUT2D eigenvalue weighted by Gasteiger charge is -2.13. The molecule has 0 unspecified atom stereocenters. The first-order valence-electron chi connectivity index (χ1n) is 8.63. The molecule has 152 valence electrons. The maximum atomic E-state index is 12.1. The van der Waals surface area contributed by atoms with E-state index in [1.165, 1.54) is 0 Å². The molecule has 2 rings (SSSR count). The number of aliphatic imine (C=N–C) groups is 1. The van der Waals surface area contributed by atoms with Crippen LogP contribution in [0.4, 0.5) is 13.2 Å². The molecular weight excluding hydrogens is 393 g/mol. The topological polar surface area (TPSA) is 58.5 Å². The van der Waals surface area contributed by atoms with Gasteiger partial charge >= 0.3 is 6.18 Å². The Bertz CT molecular complexity index is 767. The molecule has 2 N–H and O–H groups in total. The third-order valence-electron chi connectivity index (χ3n) is 3.70. The molecule has 0 saturated heterocycles. The molecule has 0 spiro atoms. The number of ether oxygens (including phenoxy) is 1. The first-order chi connectivity index (χ1) is 13.4. The van der Waals surface area contributed by atoms with Crippen LogP contribution in [0.1, 0.15) is 16.7 Å². The van der Waals surface area contributed by atoms with Gasteiger partial charge in [0.05, 0.1) is 6.61 Å². The number of hydrogen-bond donors (Lipinski definition) is 2. The second-order valence-electron chi connectivity index (χ2n) is 6.02. The number of pyridine rings is 1. The fourth-order valence-corrected chi connectivity index (χ4v) is 2.51. The average Bonchev–Trinajstić information content (AvgIpc) is 2.65. The van der Waals surface area contributed by atoms with Gasteiger partial charge in [-0.2, -0.15) is 13.2 Å². The number of guanidine groups is 1. The highest BCUT2D eigenvalue weighted by atomic mass is 35.5. The van der Waals surface area contributed by atoms with Crippen LogP contribution in [-0.2, 0) is 24.3 Å². The number of halogens is 4. The van der Waals surface area contributed by atoms with E-state index in [1.807, 2.05) is 12.1 Å². The normalized spacial score (nSPS) is 12.1. The molecular formula is C19H22ClF3N4O. The molecule has 0 saturated carbocycles. The fourth-order valence-electron chi connectivity index (χ4n) is 2.40. The Hall–Kier alpha value is -2.32. The molecule has 0 aliphatic heterocycles. The number of aromatic nitrogens is 1. The van der Waals surface area contributed by atoms with E-state index in [-0.39, 0.29) is 6.61 Å². The summed E-state index contributed by atoms with van der Waals surface area (Å²) in [6.45, 7) is -0.200. The van der Waals surface area contributed by atoms with Gasteiger partial charge in [-0.15, -0.1) is 0 Å². The molecule has 1 aromatic carbocycles. The minimum atomic E-state index is -4.32. The Morgan fingerprint density at radius 2 is 1.93 bits per heavy atom. The quantitative estimate of drug-likeness (QED) is 0.392. The van der Waals surface area contributed by atoms with Crippen molar-refractivity contribution in [1.82, 2.24) is 15.6 Å². The van der Waals surface area contributed by atoms with Crippen molar-refractivity contribution in [3.8, 4) is 0 Å². The van der Waals surface area contributed by atoms with Crippen molar-refractivity contribution in [2.75, 3.05) is 20.2 Å². The zero-order valence-corrected chi connectivity index (χ0v) is 16.1. The number of nitrogens with zero attached hydrogens (tertiary/aromatic N) is 2. The summed E-state index contributed by atoms with van der Waals surface area (Å²) < 4.78 is 41.1. The number of rotatable bonds is 8. The highest BCUT2D eigenvalue weighted by Crippen LogP contribution is 2.16. The van der Waals surface area contributed by atoms with Crippen molar-refractivity contribution < 1.29 is 17.9 Å². The van der Waals surface area contributed by atoms with Gasteiger partial charge in [0.2, 0.25) is 0 Å². The van der Waals surface area contributed by atoms with Gasteiger partial charge in [-0.25, -0.2) is 4.98 Å². The summed E-state index contributed by atoms with van der Waals surface area (Å²) in [6.07, 6.45) is -1.83. The van der Waals surface area contributed by atoms with E-state index in [0.717, 1.165) is 17.5 Å². The summed E-state index contributed by atoms with van der Waals surface area (Å²) in [5, 5.41) is 6.83. The summed E-state index contributed by atoms with van der Waals surface area (Å²) in [7, 11) is 1.67. The van der Waals surface area contributed by atoms with Gasteiger partial charge in [0.15, 0.2) is 5.96 Å². The fraction of sp³-hybridized carbons (Fsp3) is 0.368. The van der Waals surface area contributed by atoms with E-state index < -0.39 is 12.8 Å². The van der Waals surface area contributed by atoms with E-state index in [0.29, 0.717) is 29.8 Å². The molecule has 2 aromatic rings. The first kappa shape index (κ1) is 22.0. The van der Waals surface area contributed by atoms with E-state index in [1.54, 1.807) is 37.5 Å². The van der Waals surface area contributed by atoms with Gasteiger partial charge in [0, 0.05) is 26.3 Å². The van der Waals surface area contributed by atoms with Crippen molar-refractivity contribution in [1.29, 1.82) is 0 Å². The summed E-state index contributed by atoms with van der Waals surface area (Å²) in [5.74, 6) is 0.626. The van der Waals surface area contributed by atoms with Crippen LogP contribution in [0.2, 0.25) is 5.15 Å². The Morgan fingerprint density at radius 1 is 1.14 bits per heavy atom. The van der Waals surface area contributed by atoms with E-state index in [9.17, 15) is 13.2 Å². The third-order valence-corrected chi connectivity index (χ3v) is 3.93. The predicted molar refractivity (Wildman–Crippen MR) is 103 cm³/mol. The smallest absolute Gasteiger partial charge is 0.367 e. The van der Waals surface area contributed by atoms with Crippen LogP contribution in [0.15, 0.2) is 47.6 Å². The average molecular weight is 415 g/mol. The van der Waals surface area contributed by atoms with Gasteiger partial charge in [0.25, 0.3) is 0 Å². The number of alkyl halides is 3. The predicted octanol–water partition coefficient (Wildman–Crippen LogP) is 3.72. The van der Waals surface area contributed by atoms with Gasteiger partial charge < -0.3 is 15.4 Å². The molecule has 1 aromatic heterocycles. The molecule has 0 radical (unpaired) electrons. The lowest BCUT2D eigenvalue weighted by molar-refractivity contribution is -0.176. The minimum absolute atomic E-state index is 0.0878. The molecule has 0 bridgehead atoms. The SMILES string of the molecule is CN=C(NCCc1ccc(Cl)nc1)NCc1cccc(COCC(F)(F)F)c1. The van der Waals surface area contributed by atoms with Crippen LogP contribution in [0.25, 0.3) is 0 Å².